The molecule has 0 amide bonds. The molecule has 1 aromatic carbocycles. The molecule has 0 aliphatic heterocycles. The summed E-state index contributed by atoms with van der Waals surface area (Å²) in [4.78, 5) is 0. The average Bonchev–Trinajstić information content (AvgIpc) is 2.72. The summed E-state index contributed by atoms with van der Waals surface area (Å²) in [6, 6.07) is 4.34. The third-order valence-electron chi connectivity index (χ3n) is 5.48. The van der Waals surface area contributed by atoms with E-state index in [1.807, 2.05) is 6.07 Å². The van der Waals surface area contributed by atoms with E-state index in [4.69, 9.17) is 5.73 Å². The van der Waals surface area contributed by atoms with Crippen molar-refractivity contribution < 1.29 is 5.11 Å². The number of aromatic hydroxyl groups is 1. The molecule has 20 heavy (non-hydrogen) atoms. The molecule has 0 bridgehead atoms. The molecular formula is C18H27NO. The van der Waals surface area contributed by atoms with Crippen molar-refractivity contribution in [3.8, 4) is 5.75 Å². The van der Waals surface area contributed by atoms with E-state index in [2.05, 4.69) is 6.07 Å². The minimum absolute atomic E-state index is 0.0314. The van der Waals surface area contributed by atoms with Gasteiger partial charge in [0.15, 0.2) is 0 Å². The quantitative estimate of drug-likeness (QED) is 0.805. The maximum absolute atomic E-state index is 10.6. The molecule has 2 nitrogen and oxygen atoms in total. The highest BCUT2D eigenvalue weighted by molar-refractivity contribution is 5.47. The summed E-state index contributed by atoms with van der Waals surface area (Å²) in [5.41, 5.74) is 10.1. The fraction of sp³-hybridized carbons (Fsp3) is 0.667. The van der Waals surface area contributed by atoms with Crippen LogP contribution >= 0.6 is 0 Å². The second kappa shape index (κ2) is 5.77. The summed E-state index contributed by atoms with van der Waals surface area (Å²) in [5.74, 6) is 0.498. The zero-order chi connectivity index (χ0) is 14.0. The number of phenols is 1. The molecule has 1 saturated carbocycles. The van der Waals surface area contributed by atoms with E-state index < -0.39 is 0 Å². The topological polar surface area (TPSA) is 46.2 Å². The van der Waals surface area contributed by atoms with Crippen molar-refractivity contribution in [2.45, 2.75) is 69.6 Å². The van der Waals surface area contributed by atoms with Gasteiger partial charge < -0.3 is 10.8 Å². The molecule has 110 valence electrons. The first kappa shape index (κ1) is 13.9. The number of aryl methyl sites for hydroxylation is 2. The Hall–Kier alpha value is -1.02. The van der Waals surface area contributed by atoms with Crippen LogP contribution in [0.1, 0.15) is 68.1 Å². The second-order valence-corrected chi connectivity index (χ2v) is 6.74. The zero-order valence-electron chi connectivity index (χ0n) is 12.5. The predicted molar refractivity (Wildman–Crippen MR) is 83.2 cm³/mol. The van der Waals surface area contributed by atoms with Gasteiger partial charge in [0, 0.05) is 17.5 Å². The normalized spacial score (nSPS) is 22.1. The predicted octanol–water partition coefficient (Wildman–Crippen LogP) is 3.82. The molecule has 1 aromatic rings. The summed E-state index contributed by atoms with van der Waals surface area (Å²) < 4.78 is 0. The molecule has 0 atom stereocenters. The third kappa shape index (κ3) is 2.46. The minimum Gasteiger partial charge on any atom is -0.508 e. The van der Waals surface area contributed by atoms with Gasteiger partial charge in [-0.15, -0.1) is 0 Å². The van der Waals surface area contributed by atoms with Gasteiger partial charge in [-0.2, -0.15) is 0 Å². The van der Waals surface area contributed by atoms with Crippen LogP contribution in [0.4, 0.5) is 0 Å². The fourth-order valence-electron chi connectivity index (χ4n) is 4.19. The third-order valence-corrected chi connectivity index (χ3v) is 5.48. The van der Waals surface area contributed by atoms with E-state index in [1.165, 1.54) is 56.1 Å². The molecule has 2 heteroatoms. The van der Waals surface area contributed by atoms with Crippen molar-refractivity contribution in [2.24, 2.45) is 5.73 Å². The minimum atomic E-state index is 0.0314. The lowest BCUT2D eigenvalue weighted by atomic mass is 9.68. The molecular weight excluding hydrogens is 246 g/mol. The van der Waals surface area contributed by atoms with Gasteiger partial charge in [0.2, 0.25) is 0 Å². The molecule has 0 radical (unpaired) electrons. The average molecular weight is 273 g/mol. The van der Waals surface area contributed by atoms with Crippen molar-refractivity contribution in [1.82, 2.24) is 0 Å². The first-order valence-corrected chi connectivity index (χ1v) is 8.30. The Balaban J connectivity index is 2.02. The van der Waals surface area contributed by atoms with Crippen LogP contribution in [0.5, 0.6) is 5.75 Å². The molecule has 0 spiro atoms. The number of hydrogen-bond donors (Lipinski definition) is 2. The number of nitrogens with two attached hydrogens (primary N) is 1. The van der Waals surface area contributed by atoms with Gasteiger partial charge in [0.05, 0.1) is 0 Å². The van der Waals surface area contributed by atoms with Crippen LogP contribution in [0.3, 0.4) is 0 Å². The number of fused-ring (bicyclic) bond motifs is 1. The van der Waals surface area contributed by atoms with Crippen molar-refractivity contribution in [3.05, 3.63) is 28.8 Å². The largest absolute Gasteiger partial charge is 0.508 e. The van der Waals surface area contributed by atoms with Crippen LogP contribution < -0.4 is 5.73 Å². The van der Waals surface area contributed by atoms with Crippen LogP contribution in [0, 0.1) is 0 Å². The Morgan fingerprint density at radius 3 is 2.15 bits per heavy atom. The molecule has 1 fully saturated rings. The van der Waals surface area contributed by atoms with Crippen molar-refractivity contribution in [2.75, 3.05) is 6.54 Å². The molecule has 0 unspecified atom stereocenters. The number of rotatable bonds is 2. The first-order chi connectivity index (χ1) is 9.75. The fourth-order valence-corrected chi connectivity index (χ4v) is 4.19. The van der Waals surface area contributed by atoms with E-state index in [0.29, 0.717) is 12.3 Å². The summed E-state index contributed by atoms with van der Waals surface area (Å²) >= 11 is 0. The van der Waals surface area contributed by atoms with Crippen LogP contribution in [0.25, 0.3) is 0 Å². The second-order valence-electron chi connectivity index (χ2n) is 6.74. The Kier molecular flexibility index (Phi) is 4.02. The van der Waals surface area contributed by atoms with Crippen LogP contribution in [0.2, 0.25) is 0 Å². The molecule has 0 aromatic heterocycles. The summed E-state index contributed by atoms with van der Waals surface area (Å²) in [5, 5.41) is 10.6. The Bertz CT molecular complexity index is 475. The molecule has 3 N–H and O–H groups in total. The van der Waals surface area contributed by atoms with Crippen molar-refractivity contribution in [3.63, 3.8) is 0 Å². The lowest BCUT2D eigenvalue weighted by Crippen LogP contribution is -2.37. The van der Waals surface area contributed by atoms with E-state index in [-0.39, 0.29) is 5.41 Å². The number of phenolic OH excluding ortho intramolecular Hbond substituents is 1. The molecule has 0 saturated heterocycles. The van der Waals surface area contributed by atoms with Crippen molar-refractivity contribution >= 4 is 0 Å². The number of benzene rings is 1. The Morgan fingerprint density at radius 2 is 1.50 bits per heavy atom. The molecule has 2 aliphatic carbocycles. The zero-order valence-corrected chi connectivity index (χ0v) is 12.5. The standard InChI is InChI=1S/C18H27NO/c19-13-18(9-5-2-6-10-18)16-11-14-7-3-1-4-8-15(14)12-17(16)20/h11-12,20H,1-10,13,19H2. The van der Waals surface area contributed by atoms with Crippen molar-refractivity contribution in [1.29, 1.82) is 0 Å². The lowest BCUT2D eigenvalue weighted by molar-refractivity contribution is 0.290. The number of hydrogen-bond acceptors (Lipinski definition) is 2. The maximum atomic E-state index is 10.6. The first-order valence-electron chi connectivity index (χ1n) is 8.30. The maximum Gasteiger partial charge on any atom is 0.119 e. The summed E-state index contributed by atoms with van der Waals surface area (Å²) in [7, 11) is 0. The highest BCUT2D eigenvalue weighted by Crippen LogP contribution is 2.43. The Morgan fingerprint density at radius 1 is 0.900 bits per heavy atom. The van der Waals surface area contributed by atoms with Gasteiger partial charge in [-0.3, -0.25) is 0 Å². The van der Waals surface area contributed by atoms with E-state index in [9.17, 15) is 5.11 Å². The highest BCUT2D eigenvalue weighted by Gasteiger charge is 2.35. The van der Waals surface area contributed by atoms with Gasteiger partial charge in [-0.1, -0.05) is 31.7 Å². The molecule has 2 aliphatic rings. The Labute approximate surface area is 122 Å². The monoisotopic (exact) mass is 273 g/mol. The van der Waals surface area contributed by atoms with Crippen LogP contribution in [0.15, 0.2) is 12.1 Å². The van der Waals surface area contributed by atoms with Crippen LogP contribution in [-0.4, -0.2) is 11.7 Å². The lowest BCUT2D eigenvalue weighted by Gasteiger charge is -2.37. The van der Waals surface area contributed by atoms with Gasteiger partial charge >= 0.3 is 0 Å². The van der Waals surface area contributed by atoms with Gasteiger partial charge in [0.25, 0.3) is 0 Å². The smallest absolute Gasteiger partial charge is 0.119 e. The van der Waals surface area contributed by atoms with Crippen LogP contribution in [-0.2, 0) is 18.3 Å². The summed E-state index contributed by atoms with van der Waals surface area (Å²) in [6.07, 6.45) is 12.2. The van der Waals surface area contributed by atoms with E-state index in [0.717, 1.165) is 24.8 Å². The van der Waals surface area contributed by atoms with Gasteiger partial charge in [0.1, 0.15) is 5.75 Å². The van der Waals surface area contributed by atoms with E-state index >= 15 is 0 Å². The molecule has 0 heterocycles. The molecule has 3 rings (SSSR count). The van der Waals surface area contributed by atoms with Gasteiger partial charge in [-0.05, 0) is 55.7 Å². The summed E-state index contributed by atoms with van der Waals surface area (Å²) in [6.45, 7) is 0.666. The SMILES string of the molecule is NCC1(c2cc3c(cc2O)CCCCC3)CCCCC1. The van der Waals surface area contributed by atoms with Gasteiger partial charge in [-0.25, -0.2) is 0 Å². The van der Waals surface area contributed by atoms with E-state index in [1.54, 1.807) is 0 Å². The highest BCUT2D eigenvalue weighted by atomic mass is 16.3.